The molecule has 1 N–H and O–H groups in total. The number of thiazole rings is 1. The second-order valence-corrected chi connectivity index (χ2v) is 7.91. The van der Waals surface area contributed by atoms with Gasteiger partial charge < -0.3 is 5.32 Å². The Kier molecular flexibility index (Phi) is 5.50. The molecule has 8 heteroatoms. The number of amides is 1. The third kappa shape index (κ3) is 4.47. The van der Waals surface area contributed by atoms with Crippen molar-refractivity contribution in [2.75, 3.05) is 5.32 Å². The molecule has 1 aromatic carbocycles. The van der Waals surface area contributed by atoms with E-state index < -0.39 is 0 Å². The molecule has 1 amide bonds. The lowest BCUT2D eigenvalue weighted by atomic mass is 10.2. The summed E-state index contributed by atoms with van der Waals surface area (Å²) in [6.07, 6.45) is 5.40. The SMILES string of the molecule is Cn1cc(-c2nc(C(=O)Nc3cccc(CSc4ccccn4)c3)cs2)cn1. The molecular formula is C20H17N5OS2. The number of carbonyl (C=O) groups excluding carboxylic acids is 1. The molecule has 0 saturated carbocycles. The van der Waals surface area contributed by atoms with Crippen LogP contribution in [-0.2, 0) is 12.8 Å². The molecule has 0 atom stereocenters. The summed E-state index contributed by atoms with van der Waals surface area (Å²) in [5.41, 5.74) is 3.17. The lowest BCUT2D eigenvalue weighted by Crippen LogP contribution is -2.12. The van der Waals surface area contributed by atoms with Gasteiger partial charge in [-0.1, -0.05) is 18.2 Å². The number of rotatable bonds is 6. The van der Waals surface area contributed by atoms with Gasteiger partial charge in [-0.25, -0.2) is 9.97 Å². The van der Waals surface area contributed by atoms with Crippen LogP contribution >= 0.6 is 23.1 Å². The maximum atomic E-state index is 12.6. The number of thioether (sulfide) groups is 1. The molecule has 0 spiro atoms. The van der Waals surface area contributed by atoms with Crippen molar-refractivity contribution in [2.45, 2.75) is 10.8 Å². The van der Waals surface area contributed by atoms with Gasteiger partial charge in [0.2, 0.25) is 0 Å². The van der Waals surface area contributed by atoms with E-state index in [0.29, 0.717) is 5.69 Å². The number of hydrogen-bond donors (Lipinski definition) is 1. The van der Waals surface area contributed by atoms with Crippen LogP contribution in [0.1, 0.15) is 16.1 Å². The first-order valence-electron chi connectivity index (χ1n) is 8.56. The van der Waals surface area contributed by atoms with Crippen molar-refractivity contribution in [3.8, 4) is 10.6 Å². The molecule has 0 bridgehead atoms. The van der Waals surface area contributed by atoms with Crippen molar-refractivity contribution in [1.82, 2.24) is 19.7 Å². The lowest BCUT2D eigenvalue weighted by molar-refractivity contribution is 0.102. The fourth-order valence-electron chi connectivity index (χ4n) is 2.57. The van der Waals surface area contributed by atoms with Crippen molar-refractivity contribution in [3.05, 3.63) is 77.7 Å². The average Bonchev–Trinajstić information content (AvgIpc) is 3.37. The first-order chi connectivity index (χ1) is 13.7. The largest absolute Gasteiger partial charge is 0.321 e. The summed E-state index contributed by atoms with van der Waals surface area (Å²) >= 11 is 3.09. The number of nitrogens with zero attached hydrogens (tertiary/aromatic N) is 4. The van der Waals surface area contributed by atoms with Crippen molar-refractivity contribution in [1.29, 1.82) is 0 Å². The molecule has 140 valence electrons. The third-order valence-electron chi connectivity index (χ3n) is 3.90. The third-order valence-corrected chi connectivity index (χ3v) is 5.80. The van der Waals surface area contributed by atoms with Crippen LogP contribution in [0.25, 0.3) is 10.6 Å². The van der Waals surface area contributed by atoms with E-state index in [1.165, 1.54) is 11.3 Å². The van der Waals surface area contributed by atoms with Gasteiger partial charge in [0.05, 0.1) is 11.2 Å². The molecule has 0 fully saturated rings. The molecule has 4 aromatic rings. The first kappa shape index (κ1) is 18.4. The van der Waals surface area contributed by atoms with Crippen molar-refractivity contribution in [2.24, 2.45) is 7.05 Å². The molecule has 0 radical (unpaired) electrons. The van der Waals surface area contributed by atoms with E-state index in [1.54, 1.807) is 34.2 Å². The Hall–Kier alpha value is -2.97. The minimum atomic E-state index is -0.221. The van der Waals surface area contributed by atoms with Gasteiger partial charge >= 0.3 is 0 Å². The highest BCUT2D eigenvalue weighted by molar-refractivity contribution is 7.98. The van der Waals surface area contributed by atoms with E-state index in [4.69, 9.17) is 0 Å². The Morgan fingerprint density at radius 3 is 2.96 bits per heavy atom. The average molecular weight is 408 g/mol. The maximum absolute atomic E-state index is 12.6. The quantitative estimate of drug-likeness (QED) is 0.477. The Labute approximate surface area is 170 Å². The highest BCUT2D eigenvalue weighted by atomic mass is 32.2. The number of pyridine rings is 1. The second kappa shape index (κ2) is 8.37. The van der Waals surface area contributed by atoms with E-state index in [2.05, 4.69) is 20.4 Å². The van der Waals surface area contributed by atoms with Crippen LogP contribution in [0.3, 0.4) is 0 Å². The van der Waals surface area contributed by atoms with Gasteiger partial charge in [-0.2, -0.15) is 5.10 Å². The zero-order chi connectivity index (χ0) is 19.3. The van der Waals surface area contributed by atoms with Gasteiger partial charge in [-0.05, 0) is 29.8 Å². The standard InChI is InChI=1S/C20H17N5OS2/c1-25-11-15(10-22-25)20-24-17(13-28-20)19(26)23-16-6-4-5-14(9-16)12-27-18-7-2-3-8-21-18/h2-11,13H,12H2,1H3,(H,23,26). The van der Waals surface area contributed by atoms with E-state index in [-0.39, 0.29) is 5.91 Å². The molecule has 6 nitrogen and oxygen atoms in total. The van der Waals surface area contributed by atoms with Crippen LogP contribution in [-0.4, -0.2) is 25.7 Å². The van der Waals surface area contributed by atoms with Crippen LogP contribution in [0.15, 0.2) is 71.5 Å². The number of anilines is 1. The van der Waals surface area contributed by atoms with Gasteiger partial charge in [0.25, 0.3) is 5.91 Å². The summed E-state index contributed by atoms with van der Waals surface area (Å²) in [7, 11) is 1.85. The van der Waals surface area contributed by atoms with Gasteiger partial charge in [0.1, 0.15) is 10.7 Å². The van der Waals surface area contributed by atoms with Gasteiger partial charge in [-0.3, -0.25) is 9.48 Å². The topological polar surface area (TPSA) is 72.7 Å². The molecule has 0 saturated heterocycles. The Morgan fingerprint density at radius 1 is 1.25 bits per heavy atom. The van der Waals surface area contributed by atoms with Crippen LogP contribution in [0.4, 0.5) is 5.69 Å². The Balaban J connectivity index is 1.41. The molecule has 4 rings (SSSR count). The van der Waals surface area contributed by atoms with E-state index in [0.717, 1.165) is 32.6 Å². The molecule has 3 aromatic heterocycles. The predicted octanol–water partition coefficient (Wildman–Crippen LogP) is 4.48. The number of hydrogen-bond acceptors (Lipinski definition) is 6. The second-order valence-electron chi connectivity index (χ2n) is 6.05. The number of aryl methyl sites for hydroxylation is 1. The van der Waals surface area contributed by atoms with Crippen LogP contribution in [0, 0.1) is 0 Å². The summed E-state index contributed by atoms with van der Waals surface area (Å²) in [4.78, 5) is 21.3. The molecule has 0 aliphatic rings. The molecular weight excluding hydrogens is 390 g/mol. The first-order valence-corrected chi connectivity index (χ1v) is 10.4. The number of aromatic nitrogens is 4. The van der Waals surface area contributed by atoms with Crippen molar-refractivity contribution >= 4 is 34.7 Å². The smallest absolute Gasteiger partial charge is 0.275 e. The highest BCUT2D eigenvalue weighted by Gasteiger charge is 2.13. The summed E-state index contributed by atoms with van der Waals surface area (Å²) < 4.78 is 1.71. The van der Waals surface area contributed by atoms with Crippen LogP contribution in [0.2, 0.25) is 0 Å². The summed E-state index contributed by atoms with van der Waals surface area (Å²) in [6.45, 7) is 0. The summed E-state index contributed by atoms with van der Waals surface area (Å²) in [5, 5.41) is 10.6. The minimum Gasteiger partial charge on any atom is -0.321 e. The molecule has 0 unspecified atom stereocenters. The van der Waals surface area contributed by atoms with E-state index >= 15 is 0 Å². The van der Waals surface area contributed by atoms with E-state index in [9.17, 15) is 4.79 Å². The molecule has 0 aliphatic heterocycles. The summed E-state index contributed by atoms with van der Waals surface area (Å²) in [5.74, 6) is 0.559. The highest BCUT2D eigenvalue weighted by Crippen LogP contribution is 2.24. The monoisotopic (exact) mass is 407 g/mol. The van der Waals surface area contributed by atoms with Crippen molar-refractivity contribution < 1.29 is 4.79 Å². The van der Waals surface area contributed by atoms with Gasteiger partial charge in [0.15, 0.2) is 0 Å². The summed E-state index contributed by atoms with van der Waals surface area (Å²) in [6, 6.07) is 13.7. The molecule has 28 heavy (non-hydrogen) atoms. The van der Waals surface area contributed by atoms with Crippen LogP contribution in [0.5, 0.6) is 0 Å². The fourth-order valence-corrected chi connectivity index (χ4v) is 4.15. The maximum Gasteiger partial charge on any atom is 0.275 e. The zero-order valence-corrected chi connectivity index (χ0v) is 16.7. The molecule has 3 heterocycles. The van der Waals surface area contributed by atoms with Crippen LogP contribution < -0.4 is 5.32 Å². The minimum absolute atomic E-state index is 0.221. The number of nitrogens with one attached hydrogen (secondary N) is 1. The molecule has 0 aliphatic carbocycles. The van der Waals surface area contributed by atoms with Gasteiger partial charge in [0, 0.05) is 41.8 Å². The Morgan fingerprint density at radius 2 is 2.18 bits per heavy atom. The van der Waals surface area contributed by atoms with Crippen molar-refractivity contribution in [3.63, 3.8) is 0 Å². The Bertz CT molecular complexity index is 1090. The number of benzene rings is 1. The fraction of sp³-hybridized carbons (Fsp3) is 0.100. The number of carbonyl (C=O) groups is 1. The lowest BCUT2D eigenvalue weighted by Gasteiger charge is -2.06. The normalized spacial score (nSPS) is 10.8. The predicted molar refractivity (Wildman–Crippen MR) is 113 cm³/mol. The zero-order valence-electron chi connectivity index (χ0n) is 15.1. The van der Waals surface area contributed by atoms with Gasteiger partial charge in [-0.15, -0.1) is 23.1 Å². The van der Waals surface area contributed by atoms with E-state index in [1.807, 2.05) is 55.7 Å².